The first kappa shape index (κ1) is 32.4. The van der Waals surface area contributed by atoms with Crippen molar-refractivity contribution in [3.05, 3.63) is 16.6 Å². The molecule has 0 unspecified atom stereocenters. The van der Waals surface area contributed by atoms with Crippen LogP contribution >= 0.6 is 28.3 Å². The lowest BCUT2D eigenvalue weighted by Crippen LogP contribution is -2.42. The summed E-state index contributed by atoms with van der Waals surface area (Å²) in [5.74, 6) is 1.09. The molecule has 0 bridgehead atoms. The number of aromatic nitrogens is 2. The van der Waals surface area contributed by atoms with Gasteiger partial charge in [-0.1, -0.05) is 19.8 Å². The molecule has 206 valence electrons. The summed E-state index contributed by atoms with van der Waals surface area (Å²) in [5.41, 5.74) is 4.42. The molecule has 1 aromatic heterocycles. The van der Waals surface area contributed by atoms with E-state index in [4.69, 9.17) is 9.53 Å². The van der Waals surface area contributed by atoms with Crippen molar-refractivity contribution in [1.82, 2.24) is 13.9 Å². The van der Waals surface area contributed by atoms with E-state index in [0.717, 1.165) is 51.0 Å². The molecule has 2 heterocycles. The van der Waals surface area contributed by atoms with Gasteiger partial charge in [-0.3, -0.25) is 9.59 Å². The number of likely N-dealkylation sites (tertiary alicyclic amines) is 1. The molecular weight excluding hydrogens is 551 g/mol. The van der Waals surface area contributed by atoms with Crippen LogP contribution in [-0.4, -0.2) is 50.8 Å². The monoisotopic (exact) mass is 592 g/mol. The lowest BCUT2D eigenvalue weighted by Gasteiger charge is -2.33. The molecule has 1 aromatic rings. The number of imidazole rings is 1. The molecule has 36 heavy (non-hydrogen) atoms. The third-order valence-corrected chi connectivity index (χ3v) is 7.59. The van der Waals surface area contributed by atoms with Crippen molar-refractivity contribution in [2.24, 2.45) is 11.1 Å². The normalized spacial score (nSPS) is 15.8. The Hall–Kier alpha value is -1.62. The maximum Gasteiger partial charge on any atom is 0.410 e. The van der Waals surface area contributed by atoms with Gasteiger partial charge in [-0.05, 0) is 80.6 Å². The first-order valence-corrected chi connectivity index (χ1v) is 14.1. The number of nitrogens with zero attached hydrogens (tertiary/aromatic N) is 3. The van der Waals surface area contributed by atoms with Crippen molar-refractivity contribution >= 4 is 46.6 Å². The fourth-order valence-electron chi connectivity index (χ4n) is 3.90. The minimum atomic E-state index is -0.369. The number of halogens is 2. The summed E-state index contributed by atoms with van der Waals surface area (Å²) in [6.07, 6.45) is 12.9. The smallest absolute Gasteiger partial charge is 0.410 e. The highest BCUT2D eigenvalue weighted by Crippen LogP contribution is 2.53. The second-order valence-corrected chi connectivity index (χ2v) is 11.6. The molecule has 1 aliphatic heterocycles. The van der Waals surface area contributed by atoms with E-state index in [9.17, 15) is 13.5 Å². The van der Waals surface area contributed by atoms with Crippen LogP contribution in [0.2, 0.25) is 0 Å². The summed E-state index contributed by atoms with van der Waals surface area (Å²) in [4.78, 5) is 37.4. The fraction of sp³-hybridized carbons (Fsp3) is 0.760. The van der Waals surface area contributed by atoms with Crippen LogP contribution in [0.1, 0.15) is 97.7 Å². The average Bonchev–Trinajstić information content (AvgIpc) is 3.47. The minimum Gasteiger partial charge on any atom is -0.444 e. The number of nitrogens with two attached hydrogens (primary N) is 1. The SMILES string of the molecule is CC(C)(C)OC(=O)N1CCC2(CC1)CC2.CCC(=O)CCCCCCc1ncc(Br)n1SF.NC=O. The average molecular weight is 594 g/mol. The molecule has 2 amide bonds. The van der Waals surface area contributed by atoms with Gasteiger partial charge >= 0.3 is 6.09 Å². The zero-order valence-corrected chi connectivity index (χ0v) is 24.5. The van der Waals surface area contributed by atoms with Gasteiger partial charge in [-0.2, -0.15) is 0 Å². The number of Topliss-reactive ketones (excluding diaryl/α,β-unsaturated/α-hetero) is 1. The number of hydrogen-bond donors (Lipinski definition) is 1. The van der Waals surface area contributed by atoms with Crippen LogP contribution in [0.15, 0.2) is 10.8 Å². The lowest BCUT2D eigenvalue weighted by atomic mass is 9.94. The highest BCUT2D eigenvalue weighted by molar-refractivity contribution is 9.10. The topological polar surface area (TPSA) is 108 Å². The van der Waals surface area contributed by atoms with Gasteiger partial charge in [0.15, 0.2) is 12.3 Å². The van der Waals surface area contributed by atoms with E-state index in [-0.39, 0.29) is 30.4 Å². The van der Waals surface area contributed by atoms with Crippen LogP contribution < -0.4 is 5.73 Å². The number of hydrogen-bond acceptors (Lipinski definition) is 6. The van der Waals surface area contributed by atoms with Gasteiger partial charge in [0, 0.05) is 32.4 Å². The third-order valence-electron chi connectivity index (χ3n) is 6.25. The molecule has 0 radical (unpaired) electrons. The van der Waals surface area contributed by atoms with Crippen LogP contribution in [0.25, 0.3) is 0 Å². The fourth-order valence-corrected chi connectivity index (χ4v) is 4.70. The Labute approximate surface area is 227 Å². The van der Waals surface area contributed by atoms with Crippen molar-refractivity contribution in [1.29, 1.82) is 0 Å². The van der Waals surface area contributed by atoms with Crippen molar-refractivity contribution in [3.8, 4) is 0 Å². The molecule has 1 aliphatic carbocycles. The Morgan fingerprint density at radius 1 is 1.19 bits per heavy atom. The van der Waals surface area contributed by atoms with E-state index in [1.165, 1.54) is 29.7 Å². The number of carbonyl (C=O) groups is 3. The first-order chi connectivity index (χ1) is 17.0. The van der Waals surface area contributed by atoms with E-state index in [1.807, 2.05) is 32.6 Å². The van der Waals surface area contributed by atoms with Crippen molar-refractivity contribution in [2.45, 2.75) is 104 Å². The van der Waals surface area contributed by atoms with Gasteiger partial charge in [0.25, 0.3) is 0 Å². The van der Waals surface area contributed by atoms with Crippen LogP contribution in [0.5, 0.6) is 0 Å². The number of ether oxygens (including phenoxy) is 1. The highest BCUT2D eigenvalue weighted by Gasteiger charge is 2.45. The third kappa shape index (κ3) is 12.6. The maximum absolute atomic E-state index is 12.6. The number of rotatable bonds is 9. The standard InChI is InChI=1S/C12H18BrFN2OS.C12H21NO2.CH3NO/c1-2-10(17)7-5-3-4-6-8-12-15-9-11(13)16(12)18-14;1-11(2,3)15-10(14)13-8-6-12(4-5-12)7-9-13;2-1-3/h9H,2-8H2,1H3;4-9H2,1-3H3;1H,(H2,2,3). The van der Waals surface area contributed by atoms with E-state index >= 15 is 0 Å². The summed E-state index contributed by atoms with van der Waals surface area (Å²) < 4.78 is 20.1. The second kappa shape index (κ2) is 16.3. The number of piperidine rings is 1. The molecular formula is C25H42BrFN4O4S. The van der Waals surface area contributed by atoms with Gasteiger partial charge in [-0.25, -0.2) is 13.8 Å². The summed E-state index contributed by atoms with van der Waals surface area (Å²) in [6, 6.07) is 0. The van der Waals surface area contributed by atoms with E-state index in [0.29, 0.717) is 28.6 Å². The Balaban J connectivity index is 0.000000328. The van der Waals surface area contributed by atoms with Gasteiger partial charge in [-0.15, -0.1) is 3.89 Å². The molecule has 0 atom stereocenters. The van der Waals surface area contributed by atoms with Crippen molar-refractivity contribution < 1.29 is 23.0 Å². The molecule has 2 N–H and O–H groups in total. The van der Waals surface area contributed by atoms with Gasteiger partial charge < -0.3 is 15.4 Å². The molecule has 1 saturated heterocycles. The predicted molar refractivity (Wildman–Crippen MR) is 145 cm³/mol. The minimum absolute atomic E-state index is 0.141. The number of primary amides is 1. The number of unbranched alkanes of at least 4 members (excludes halogenated alkanes) is 3. The Morgan fingerprint density at radius 2 is 1.78 bits per heavy atom. The van der Waals surface area contributed by atoms with Crippen molar-refractivity contribution in [2.75, 3.05) is 13.1 Å². The highest BCUT2D eigenvalue weighted by atomic mass is 79.9. The molecule has 0 aromatic carbocycles. The first-order valence-electron chi connectivity index (χ1n) is 12.7. The van der Waals surface area contributed by atoms with Crippen LogP contribution in [-0.2, 0) is 20.7 Å². The van der Waals surface area contributed by atoms with Crippen LogP contribution in [0.3, 0.4) is 0 Å². The molecule has 1 saturated carbocycles. The number of carbonyl (C=O) groups excluding carboxylic acids is 3. The Kier molecular flexibility index (Phi) is 14.6. The summed E-state index contributed by atoms with van der Waals surface area (Å²) in [6.45, 7) is 9.41. The van der Waals surface area contributed by atoms with Crippen LogP contribution in [0.4, 0.5) is 8.68 Å². The van der Waals surface area contributed by atoms with Crippen molar-refractivity contribution in [3.63, 3.8) is 0 Å². The molecule has 11 heteroatoms. The maximum atomic E-state index is 12.6. The largest absolute Gasteiger partial charge is 0.444 e. The zero-order chi connectivity index (χ0) is 27.2. The van der Waals surface area contributed by atoms with Gasteiger partial charge in [0.1, 0.15) is 21.8 Å². The number of amides is 2. The number of aryl methyl sites for hydroxylation is 1. The number of ketones is 1. The molecule has 8 nitrogen and oxygen atoms in total. The van der Waals surface area contributed by atoms with Gasteiger partial charge in [0.05, 0.1) is 6.20 Å². The molecule has 1 spiro atoms. The van der Waals surface area contributed by atoms with E-state index in [1.54, 1.807) is 6.20 Å². The molecule has 3 rings (SSSR count). The summed E-state index contributed by atoms with van der Waals surface area (Å²) in [5, 5.41) is 0. The lowest BCUT2D eigenvalue weighted by molar-refractivity contribution is -0.118. The quantitative estimate of drug-likeness (QED) is 0.262. The Morgan fingerprint density at radius 3 is 2.28 bits per heavy atom. The zero-order valence-electron chi connectivity index (χ0n) is 22.1. The second-order valence-electron chi connectivity index (χ2n) is 10.3. The van der Waals surface area contributed by atoms with Gasteiger partial charge in [0.2, 0.25) is 6.41 Å². The summed E-state index contributed by atoms with van der Waals surface area (Å²) >= 11 is 3.40. The van der Waals surface area contributed by atoms with Crippen LogP contribution in [0, 0.1) is 5.41 Å². The van der Waals surface area contributed by atoms with E-state index in [2.05, 4.69) is 26.6 Å². The predicted octanol–water partition coefficient (Wildman–Crippen LogP) is 6.40. The Bertz CT molecular complexity index is 817. The van der Waals surface area contributed by atoms with E-state index < -0.39 is 0 Å². The molecule has 2 aliphatic rings. The molecule has 2 fully saturated rings. The summed E-state index contributed by atoms with van der Waals surface area (Å²) in [7, 11) is 0.